The molecule has 4 unspecified atom stereocenters. The highest BCUT2D eigenvalue weighted by Gasteiger charge is 2.31. The van der Waals surface area contributed by atoms with Gasteiger partial charge in [-0.25, -0.2) is 4.79 Å². The van der Waals surface area contributed by atoms with Crippen LogP contribution in [0.1, 0.15) is 37.0 Å². The van der Waals surface area contributed by atoms with Crippen LogP contribution in [0.3, 0.4) is 0 Å². The summed E-state index contributed by atoms with van der Waals surface area (Å²) < 4.78 is 0. The highest BCUT2D eigenvalue weighted by Crippen LogP contribution is 2.20. The summed E-state index contributed by atoms with van der Waals surface area (Å²) in [7, 11) is 0. The van der Waals surface area contributed by atoms with E-state index in [4.69, 9.17) is 5.73 Å². The van der Waals surface area contributed by atoms with Gasteiger partial charge in [-0.05, 0) is 65.8 Å². The molecule has 9 N–H and O–H groups in total. The van der Waals surface area contributed by atoms with Gasteiger partial charge in [0.25, 0.3) is 0 Å². The van der Waals surface area contributed by atoms with E-state index >= 15 is 0 Å². The van der Waals surface area contributed by atoms with E-state index in [-0.39, 0.29) is 43.1 Å². The van der Waals surface area contributed by atoms with Gasteiger partial charge in [0, 0.05) is 29.9 Å². The summed E-state index contributed by atoms with van der Waals surface area (Å²) in [5.74, 6) is -3.09. The molecule has 3 aromatic carbocycles. The molecule has 0 spiro atoms. The zero-order valence-corrected chi connectivity index (χ0v) is 26.3. The zero-order valence-electron chi connectivity index (χ0n) is 26.3. The van der Waals surface area contributed by atoms with Crippen molar-refractivity contribution in [2.24, 2.45) is 11.7 Å². The van der Waals surface area contributed by atoms with E-state index in [1.165, 1.54) is 24.3 Å². The summed E-state index contributed by atoms with van der Waals surface area (Å²) in [6, 6.07) is 15.3. The summed E-state index contributed by atoms with van der Waals surface area (Å²) >= 11 is 0. The van der Waals surface area contributed by atoms with E-state index in [9.17, 15) is 34.5 Å². The lowest BCUT2D eigenvalue weighted by atomic mass is 10.00. The molecule has 0 aliphatic carbocycles. The third kappa shape index (κ3) is 9.81. The lowest BCUT2D eigenvalue weighted by Crippen LogP contribution is -2.58. The fourth-order valence-corrected chi connectivity index (χ4v) is 5.30. The molecule has 12 nitrogen and oxygen atoms in total. The Hall–Kier alpha value is -5.36. The lowest BCUT2D eigenvalue weighted by Gasteiger charge is -2.26. The average Bonchev–Trinajstić information content (AvgIpc) is 3.44. The zero-order chi connectivity index (χ0) is 34.1. The number of nitrogens with one attached hydrogen (secondary N) is 4. The minimum atomic E-state index is -1.19. The number of carboxylic acids is 1. The van der Waals surface area contributed by atoms with E-state index in [2.05, 4.69) is 20.9 Å². The maximum atomic E-state index is 13.9. The number of hydrogen-bond donors (Lipinski definition) is 8. The smallest absolute Gasteiger partial charge is 0.326 e. The number of aromatic amines is 1. The maximum absolute atomic E-state index is 13.9. The van der Waals surface area contributed by atoms with Crippen LogP contribution in [0.25, 0.3) is 10.9 Å². The van der Waals surface area contributed by atoms with Crippen molar-refractivity contribution in [2.75, 3.05) is 0 Å². The molecule has 0 aliphatic rings. The number of amides is 3. The molecule has 4 aromatic rings. The van der Waals surface area contributed by atoms with Crippen LogP contribution in [-0.4, -0.2) is 68.2 Å². The number of hydrogen-bond acceptors (Lipinski definition) is 7. The minimum absolute atomic E-state index is 0.0102. The number of carbonyl (C=O) groups excluding carboxylic acids is 3. The molecule has 0 saturated carbocycles. The molecule has 47 heavy (non-hydrogen) atoms. The molecule has 0 fully saturated rings. The van der Waals surface area contributed by atoms with Gasteiger partial charge in [-0.15, -0.1) is 0 Å². The first kappa shape index (κ1) is 34.5. The van der Waals surface area contributed by atoms with Crippen LogP contribution in [0.4, 0.5) is 0 Å². The van der Waals surface area contributed by atoms with Crippen molar-refractivity contribution in [3.63, 3.8) is 0 Å². The van der Waals surface area contributed by atoms with Crippen molar-refractivity contribution in [3.8, 4) is 11.5 Å². The van der Waals surface area contributed by atoms with E-state index < -0.39 is 47.9 Å². The number of para-hydroxylation sites is 1. The average molecular weight is 644 g/mol. The monoisotopic (exact) mass is 643 g/mol. The van der Waals surface area contributed by atoms with E-state index in [0.29, 0.717) is 11.1 Å². The van der Waals surface area contributed by atoms with Gasteiger partial charge in [0.15, 0.2) is 0 Å². The van der Waals surface area contributed by atoms with Gasteiger partial charge in [-0.1, -0.05) is 56.3 Å². The van der Waals surface area contributed by atoms with Gasteiger partial charge in [0.05, 0.1) is 6.04 Å². The number of aromatic nitrogens is 1. The molecular formula is C35H41N5O7. The number of nitrogens with two attached hydrogens (primary N) is 1. The second-order valence-electron chi connectivity index (χ2n) is 12.1. The summed E-state index contributed by atoms with van der Waals surface area (Å²) in [6.45, 7) is 3.69. The first-order chi connectivity index (χ1) is 22.4. The number of benzene rings is 3. The molecule has 248 valence electrons. The van der Waals surface area contributed by atoms with Crippen molar-refractivity contribution in [1.29, 1.82) is 0 Å². The number of aliphatic carboxylic acids is 1. The standard InChI is InChI=1S/C35H41N5O7/c1-20(2)15-31(35(46)47)40-34(45)30(18-23-19-37-28-6-4-3-5-26(23)28)39-33(44)29(17-22-9-13-25(42)14-10-22)38-32(43)27(36)16-21-7-11-24(41)12-8-21/h3-14,19-20,27,29-31,37,41-42H,15-18,36H2,1-2H3,(H,38,43)(H,39,44)(H,40,45)(H,46,47). The molecule has 4 rings (SSSR count). The topological polar surface area (TPSA) is 207 Å². The number of carbonyl (C=O) groups is 4. The second kappa shape index (κ2) is 15.8. The van der Waals surface area contributed by atoms with Gasteiger partial charge in [0.2, 0.25) is 17.7 Å². The number of rotatable bonds is 15. The molecule has 1 heterocycles. The van der Waals surface area contributed by atoms with Crippen molar-refractivity contribution in [3.05, 3.63) is 95.7 Å². The minimum Gasteiger partial charge on any atom is -0.508 e. The quantitative estimate of drug-likeness (QED) is 0.0963. The van der Waals surface area contributed by atoms with Gasteiger partial charge in [0.1, 0.15) is 29.6 Å². The Bertz CT molecular complexity index is 1680. The number of aromatic hydroxyl groups is 2. The van der Waals surface area contributed by atoms with Crippen LogP contribution in [-0.2, 0) is 38.4 Å². The Morgan fingerprint density at radius 1 is 0.702 bits per heavy atom. The first-order valence-corrected chi connectivity index (χ1v) is 15.4. The first-order valence-electron chi connectivity index (χ1n) is 15.4. The van der Waals surface area contributed by atoms with Crippen molar-refractivity contribution in [1.82, 2.24) is 20.9 Å². The lowest BCUT2D eigenvalue weighted by molar-refractivity contribution is -0.142. The van der Waals surface area contributed by atoms with E-state index in [0.717, 1.165) is 16.5 Å². The van der Waals surface area contributed by atoms with Gasteiger partial charge >= 0.3 is 5.97 Å². The third-order valence-corrected chi connectivity index (χ3v) is 7.79. The molecule has 0 saturated heterocycles. The fraction of sp³-hybridized carbons (Fsp3) is 0.314. The third-order valence-electron chi connectivity index (χ3n) is 7.79. The highest BCUT2D eigenvalue weighted by molar-refractivity contribution is 5.95. The number of carboxylic acid groups (broad SMARTS) is 1. The SMILES string of the molecule is CC(C)CC(NC(=O)C(Cc1c[nH]c2ccccc12)NC(=O)C(Cc1ccc(O)cc1)NC(=O)C(N)Cc1ccc(O)cc1)C(=O)O. The van der Waals surface area contributed by atoms with Crippen molar-refractivity contribution in [2.45, 2.75) is 63.7 Å². The Labute approximate surface area is 272 Å². The van der Waals surface area contributed by atoms with Crippen LogP contribution in [0, 0.1) is 5.92 Å². The highest BCUT2D eigenvalue weighted by atomic mass is 16.4. The predicted molar refractivity (Wildman–Crippen MR) is 176 cm³/mol. The van der Waals surface area contributed by atoms with Crippen LogP contribution in [0.15, 0.2) is 79.0 Å². The van der Waals surface area contributed by atoms with Crippen LogP contribution in [0.2, 0.25) is 0 Å². The van der Waals surface area contributed by atoms with Gasteiger partial charge in [-0.3, -0.25) is 14.4 Å². The van der Waals surface area contributed by atoms with Crippen molar-refractivity contribution >= 4 is 34.6 Å². The Kier molecular flexibility index (Phi) is 11.6. The maximum Gasteiger partial charge on any atom is 0.326 e. The second-order valence-corrected chi connectivity index (χ2v) is 12.1. The molecule has 0 aliphatic heterocycles. The Balaban J connectivity index is 1.59. The Morgan fingerprint density at radius 3 is 1.79 bits per heavy atom. The van der Waals surface area contributed by atoms with Crippen LogP contribution < -0.4 is 21.7 Å². The molecule has 0 radical (unpaired) electrons. The van der Waals surface area contributed by atoms with Crippen molar-refractivity contribution < 1.29 is 34.5 Å². The number of phenolic OH excluding ortho intramolecular Hbond substituents is 2. The Morgan fingerprint density at radius 2 is 1.21 bits per heavy atom. The largest absolute Gasteiger partial charge is 0.508 e. The number of phenols is 2. The fourth-order valence-electron chi connectivity index (χ4n) is 5.30. The van der Waals surface area contributed by atoms with Crippen LogP contribution in [0.5, 0.6) is 11.5 Å². The van der Waals surface area contributed by atoms with E-state index in [1.807, 2.05) is 38.1 Å². The molecule has 12 heteroatoms. The normalized spacial score (nSPS) is 13.8. The number of H-pyrrole nitrogens is 1. The molecule has 3 amide bonds. The van der Waals surface area contributed by atoms with Gasteiger partial charge < -0.3 is 42.0 Å². The molecular weight excluding hydrogens is 602 g/mol. The molecule has 1 aromatic heterocycles. The summed E-state index contributed by atoms with van der Waals surface area (Å²) in [6.07, 6.45) is 2.11. The molecule has 0 bridgehead atoms. The predicted octanol–water partition coefficient (Wildman–Crippen LogP) is 2.52. The molecule has 4 atom stereocenters. The van der Waals surface area contributed by atoms with Gasteiger partial charge in [-0.2, -0.15) is 0 Å². The van der Waals surface area contributed by atoms with Crippen LogP contribution >= 0.6 is 0 Å². The summed E-state index contributed by atoms with van der Waals surface area (Å²) in [5.41, 5.74) is 9.09. The summed E-state index contributed by atoms with van der Waals surface area (Å²) in [4.78, 5) is 56.0. The number of fused-ring (bicyclic) bond motifs is 1. The summed E-state index contributed by atoms with van der Waals surface area (Å²) in [5, 5.41) is 38.0. The van der Waals surface area contributed by atoms with E-state index in [1.54, 1.807) is 30.5 Å².